The Morgan fingerprint density at radius 1 is 1.40 bits per heavy atom. The number of aliphatic hydroxyl groups excluding tert-OH is 1. The Labute approximate surface area is 92.2 Å². The first-order chi connectivity index (χ1) is 6.82. The van der Waals surface area contributed by atoms with Gasteiger partial charge >= 0.3 is 0 Å². The van der Waals surface area contributed by atoms with Crippen LogP contribution >= 0.6 is 0 Å². The zero-order valence-corrected chi connectivity index (χ0v) is 10.2. The van der Waals surface area contributed by atoms with Crippen molar-refractivity contribution in [3.05, 3.63) is 0 Å². The summed E-state index contributed by atoms with van der Waals surface area (Å²) in [7, 11) is 0. The number of carbonyl (C=O) groups excluding carboxylic acids is 1. The molecule has 90 valence electrons. The second kappa shape index (κ2) is 6.08. The van der Waals surface area contributed by atoms with E-state index in [2.05, 4.69) is 5.32 Å². The summed E-state index contributed by atoms with van der Waals surface area (Å²) in [6, 6.07) is 0. The van der Waals surface area contributed by atoms with Crippen LogP contribution < -0.4 is 11.1 Å². The van der Waals surface area contributed by atoms with Crippen LogP contribution in [0.5, 0.6) is 0 Å². The highest BCUT2D eigenvalue weighted by Crippen LogP contribution is 2.12. The molecule has 0 spiro atoms. The van der Waals surface area contributed by atoms with Gasteiger partial charge in [0.15, 0.2) is 0 Å². The monoisotopic (exact) mass is 216 g/mol. The Balaban J connectivity index is 4.00. The van der Waals surface area contributed by atoms with Crippen molar-refractivity contribution < 1.29 is 9.90 Å². The smallest absolute Gasteiger partial charge is 0.239 e. The van der Waals surface area contributed by atoms with Crippen molar-refractivity contribution in [2.75, 3.05) is 6.54 Å². The summed E-state index contributed by atoms with van der Waals surface area (Å²) in [5, 5.41) is 12.4. The highest BCUT2D eigenvalue weighted by Gasteiger charge is 2.23. The fourth-order valence-corrected chi connectivity index (χ4v) is 1.42. The van der Waals surface area contributed by atoms with Crippen LogP contribution in [0.1, 0.15) is 40.5 Å². The number of nitrogens with one attached hydrogen (secondary N) is 1. The van der Waals surface area contributed by atoms with Crippen molar-refractivity contribution in [1.29, 1.82) is 0 Å². The van der Waals surface area contributed by atoms with E-state index >= 15 is 0 Å². The van der Waals surface area contributed by atoms with Gasteiger partial charge < -0.3 is 16.2 Å². The van der Waals surface area contributed by atoms with E-state index in [1.54, 1.807) is 13.8 Å². The lowest BCUT2D eigenvalue weighted by molar-refractivity contribution is -0.125. The molecule has 4 heteroatoms. The molecule has 0 aliphatic rings. The molecule has 0 saturated heterocycles. The van der Waals surface area contributed by atoms with Crippen molar-refractivity contribution in [3.8, 4) is 0 Å². The maximum Gasteiger partial charge on any atom is 0.239 e. The van der Waals surface area contributed by atoms with Crippen molar-refractivity contribution in [1.82, 2.24) is 5.32 Å². The van der Waals surface area contributed by atoms with Crippen LogP contribution in [0.25, 0.3) is 0 Å². The van der Waals surface area contributed by atoms with E-state index in [1.165, 1.54) is 0 Å². The van der Waals surface area contributed by atoms with Crippen LogP contribution in [-0.2, 0) is 4.79 Å². The number of nitrogens with two attached hydrogens (primary N) is 1. The predicted octanol–water partition coefficient (Wildman–Crippen LogP) is 0.637. The molecule has 1 amide bonds. The molecule has 0 rings (SSSR count). The van der Waals surface area contributed by atoms with Crippen LogP contribution in [0.2, 0.25) is 0 Å². The second-order valence-corrected chi connectivity index (χ2v) is 4.58. The molecule has 15 heavy (non-hydrogen) atoms. The van der Waals surface area contributed by atoms with Gasteiger partial charge in [0.2, 0.25) is 5.91 Å². The summed E-state index contributed by atoms with van der Waals surface area (Å²) in [5.74, 6) is 0.0127. The first-order valence-corrected chi connectivity index (χ1v) is 5.58. The summed E-state index contributed by atoms with van der Waals surface area (Å²) in [5.41, 5.74) is 4.73. The molecule has 0 aliphatic heterocycles. The lowest BCUT2D eigenvalue weighted by Crippen LogP contribution is -2.51. The highest BCUT2D eigenvalue weighted by atomic mass is 16.3. The van der Waals surface area contributed by atoms with E-state index < -0.39 is 11.6 Å². The molecule has 0 aromatic rings. The summed E-state index contributed by atoms with van der Waals surface area (Å²) >= 11 is 0. The zero-order valence-electron chi connectivity index (χ0n) is 10.2. The Morgan fingerprint density at radius 2 is 1.87 bits per heavy atom. The molecule has 0 aromatic heterocycles. The van der Waals surface area contributed by atoms with Gasteiger partial charge in [-0.25, -0.2) is 0 Å². The average Bonchev–Trinajstić information content (AvgIpc) is 2.14. The lowest BCUT2D eigenvalue weighted by atomic mass is 9.96. The van der Waals surface area contributed by atoms with Crippen LogP contribution in [-0.4, -0.2) is 29.2 Å². The van der Waals surface area contributed by atoms with Gasteiger partial charge in [-0.15, -0.1) is 0 Å². The Kier molecular flexibility index (Phi) is 5.83. The van der Waals surface area contributed by atoms with E-state index in [0.717, 1.165) is 12.8 Å². The zero-order chi connectivity index (χ0) is 12.1. The largest absolute Gasteiger partial charge is 0.391 e. The molecule has 4 N–H and O–H groups in total. The van der Waals surface area contributed by atoms with Gasteiger partial charge in [0.25, 0.3) is 0 Å². The SMILES string of the molecule is CCC(CC)C(O)CNC(=O)C(C)(C)N. The highest BCUT2D eigenvalue weighted by molar-refractivity contribution is 5.85. The molecule has 0 heterocycles. The molecule has 0 saturated carbocycles. The van der Waals surface area contributed by atoms with Crippen LogP contribution in [0.3, 0.4) is 0 Å². The minimum atomic E-state index is -0.881. The van der Waals surface area contributed by atoms with Crippen molar-refractivity contribution in [2.45, 2.75) is 52.2 Å². The van der Waals surface area contributed by atoms with E-state index in [0.29, 0.717) is 0 Å². The topological polar surface area (TPSA) is 75.3 Å². The normalized spacial score (nSPS) is 14.1. The standard InChI is InChI=1S/C11H24N2O2/c1-5-8(6-2)9(14)7-13-10(15)11(3,4)12/h8-9,14H,5-7,12H2,1-4H3,(H,13,15). The third kappa shape index (κ3) is 5.14. The van der Waals surface area contributed by atoms with Crippen molar-refractivity contribution in [2.24, 2.45) is 11.7 Å². The summed E-state index contributed by atoms with van der Waals surface area (Å²) < 4.78 is 0. The maximum absolute atomic E-state index is 11.4. The molecule has 0 radical (unpaired) electrons. The predicted molar refractivity (Wildman–Crippen MR) is 61.4 cm³/mol. The molecule has 1 atom stereocenters. The molecular weight excluding hydrogens is 192 g/mol. The van der Waals surface area contributed by atoms with Crippen LogP contribution in [0.4, 0.5) is 0 Å². The van der Waals surface area contributed by atoms with Crippen LogP contribution in [0, 0.1) is 5.92 Å². The summed E-state index contributed by atoms with van der Waals surface area (Å²) in [4.78, 5) is 11.4. The van der Waals surface area contributed by atoms with Crippen molar-refractivity contribution >= 4 is 5.91 Å². The van der Waals surface area contributed by atoms with Gasteiger partial charge in [0, 0.05) is 6.54 Å². The fourth-order valence-electron chi connectivity index (χ4n) is 1.42. The fraction of sp³-hybridized carbons (Fsp3) is 0.909. The minimum Gasteiger partial charge on any atom is -0.391 e. The Morgan fingerprint density at radius 3 is 2.20 bits per heavy atom. The molecule has 0 fully saturated rings. The average molecular weight is 216 g/mol. The second-order valence-electron chi connectivity index (χ2n) is 4.58. The van der Waals surface area contributed by atoms with E-state index in [9.17, 15) is 9.90 Å². The first-order valence-electron chi connectivity index (χ1n) is 5.58. The van der Waals surface area contributed by atoms with E-state index in [4.69, 9.17) is 5.73 Å². The third-order valence-electron chi connectivity index (χ3n) is 2.65. The number of aliphatic hydroxyl groups is 1. The summed E-state index contributed by atoms with van der Waals surface area (Å²) in [6.45, 7) is 7.64. The van der Waals surface area contributed by atoms with E-state index in [-0.39, 0.29) is 18.4 Å². The lowest BCUT2D eigenvalue weighted by Gasteiger charge is -2.23. The minimum absolute atomic E-state index is 0.229. The quantitative estimate of drug-likeness (QED) is 0.610. The first kappa shape index (κ1) is 14.4. The summed E-state index contributed by atoms with van der Waals surface area (Å²) in [6.07, 6.45) is 1.35. The van der Waals surface area contributed by atoms with Gasteiger partial charge in [0.05, 0.1) is 11.6 Å². The number of hydrogen-bond acceptors (Lipinski definition) is 3. The van der Waals surface area contributed by atoms with Crippen LogP contribution in [0.15, 0.2) is 0 Å². The number of hydrogen-bond donors (Lipinski definition) is 3. The maximum atomic E-state index is 11.4. The molecule has 0 aromatic carbocycles. The molecule has 0 bridgehead atoms. The number of amides is 1. The van der Waals surface area contributed by atoms with Gasteiger partial charge in [-0.3, -0.25) is 4.79 Å². The van der Waals surface area contributed by atoms with E-state index in [1.807, 2.05) is 13.8 Å². The van der Waals surface area contributed by atoms with Gasteiger partial charge in [0.1, 0.15) is 0 Å². The number of rotatable bonds is 6. The van der Waals surface area contributed by atoms with Crippen molar-refractivity contribution in [3.63, 3.8) is 0 Å². The molecule has 0 aliphatic carbocycles. The van der Waals surface area contributed by atoms with Gasteiger partial charge in [-0.2, -0.15) is 0 Å². The Bertz CT molecular complexity index is 195. The Hall–Kier alpha value is -0.610. The molecule has 1 unspecified atom stereocenters. The third-order valence-corrected chi connectivity index (χ3v) is 2.65. The number of carbonyl (C=O) groups is 1. The van der Waals surface area contributed by atoms with Gasteiger partial charge in [-0.05, 0) is 19.8 Å². The molecular formula is C11H24N2O2. The van der Waals surface area contributed by atoms with Gasteiger partial charge in [-0.1, -0.05) is 26.7 Å². The molecule has 4 nitrogen and oxygen atoms in total.